The molecule has 2 aromatic rings. The first kappa shape index (κ1) is 24.1. The van der Waals surface area contributed by atoms with Crippen molar-refractivity contribution in [2.75, 3.05) is 6.61 Å². The summed E-state index contributed by atoms with van der Waals surface area (Å²) in [6.45, 7) is 3.41. The molecule has 0 saturated heterocycles. The first-order chi connectivity index (χ1) is 14.9. The number of hydrazine groups is 1. The summed E-state index contributed by atoms with van der Waals surface area (Å²) in [5.74, 6) is 9.14. The van der Waals surface area contributed by atoms with Crippen molar-refractivity contribution in [3.63, 3.8) is 0 Å². The quantitative estimate of drug-likeness (QED) is 0.159. The van der Waals surface area contributed by atoms with Crippen LogP contribution in [0.3, 0.4) is 0 Å². The highest BCUT2D eigenvalue weighted by molar-refractivity contribution is 6.30. The normalized spacial score (nSPS) is 13.2. The van der Waals surface area contributed by atoms with Gasteiger partial charge < -0.3 is 15.3 Å². The average Bonchev–Trinajstić information content (AvgIpc) is 2.77. The van der Waals surface area contributed by atoms with Crippen molar-refractivity contribution in [1.82, 2.24) is 10.7 Å². The maximum atomic E-state index is 12.7. The smallest absolute Gasteiger partial charge is 0.334 e. The maximum Gasteiger partial charge on any atom is 0.334 e. The number of rotatable bonds is 8. The van der Waals surface area contributed by atoms with Gasteiger partial charge in [-0.25, -0.2) is 10.6 Å². The molecule has 0 heterocycles. The van der Waals surface area contributed by atoms with Crippen LogP contribution in [-0.4, -0.2) is 36.7 Å². The Labute approximate surface area is 185 Å². The van der Waals surface area contributed by atoms with Crippen molar-refractivity contribution >= 4 is 29.4 Å². The van der Waals surface area contributed by atoms with Gasteiger partial charge in [0.1, 0.15) is 6.10 Å². The predicted molar refractivity (Wildman–Crippen MR) is 119 cm³/mol. The Kier molecular flexibility index (Phi) is 9.26. The van der Waals surface area contributed by atoms with Crippen molar-refractivity contribution in [3.05, 3.63) is 59.1 Å². The predicted octanol–water partition coefficient (Wildman–Crippen LogP) is 1.70. The fraction of sp³-hybridized carbons (Fsp3) is 0.286. The fourth-order valence-electron chi connectivity index (χ4n) is 2.78. The second-order valence-electron chi connectivity index (χ2n) is 6.54. The van der Waals surface area contributed by atoms with Gasteiger partial charge in [0.15, 0.2) is 6.10 Å². The molecule has 0 fully saturated rings. The largest absolute Gasteiger partial charge is 0.464 e. The number of hydrazone groups is 1. The number of carbonyl (C=O) groups excluding carboxylic acids is 2. The lowest BCUT2D eigenvalue weighted by atomic mass is 10.0. The van der Waals surface area contributed by atoms with Crippen molar-refractivity contribution in [2.45, 2.75) is 32.5 Å². The number of hydrogen-bond donors (Lipinski definition) is 4. The van der Waals surface area contributed by atoms with Crippen LogP contribution in [0.25, 0.3) is 11.1 Å². The second kappa shape index (κ2) is 11.9. The number of esters is 1. The van der Waals surface area contributed by atoms with Gasteiger partial charge in [-0.3, -0.25) is 15.5 Å². The molecule has 6 N–H and O–H groups in total. The second-order valence-corrected chi connectivity index (χ2v) is 6.98. The fourth-order valence-corrected chi connectivity index (χ4v) is 2.97. The number of hydrogen-bond acceptors (Lipinski definition) is 7. The maximum absolute atomic E-state index is 12.7. The van der Waals surface area contributed by atoms with Crippen LogP contribution in [0.1, 0.15) is 19.4 Å². The van der Waals surface area contributed by atoms with Crippen molar-refractivity contribution in [3.8, 4) is 11.1 Å². The number of amides is 1. The highest BCUT2D eigenvalue weighted by Gasteiger charge is 2.27. The molecule has 2 atom stereocenters. The monoisotopic (exact) mass is 447 g/mol. The van der Waals surface area contributed by atoms with Crippen LogP contribution in [0.4, 0.5) is 0 Å². The molecule has 9 nitrogen and oxygen atoms in total. The van der Waals surface area contributed by atoms with Crippen LogP contribution >= 0.6 is 11.6 Å². The lowest BCUT2D eigenvalue weighted by Crippen LogP contribution is -2.50. The molecule has 166 valence electrons. The Morgan fingerprint density at radius 3 is 2.45 bits per heavy atom. The van der Waals surface area contributed by atoms with Crippen molar-refractivity contribution in [1.29, 1.82) is 0 Å². The molecule has 0 saturated carbocycles. The molecule has 2 aromatic carbocycles. The van der Waals surface area contributed by atoms with Crippen LogP contribution in [0.5, 0.6) is 0 Å². The van der Waals surface area contributed by atoms with Crippen LogP contribution in [0.2, 0.25) is 5.02 Å². The molecule has 0 aliphatic heterocycles. The Morgan fingerprint density at radius 2 is 1.87 bits per heavy atom. The third kappa shape index (κ3) is 7.25. The molecule has 0 radical (unpaired) electrons. The van der Waals surface area contributed by atoms with Gasteiger partial charge in [-0.2, -0.15) is 0 Å². The third-order valence-corrected chi connectivity index (χ3v) is 4.55. The average molecular weight is 448 g/mol. The van der Waals surface area contributed by atoms with Crippen LogP contribution in [0, 0.1) is 0 Å². The first-order valence-corrected chi connectivity index (χ1v) is 9.98. The summed E-state index contributed by atoms with van der Waals surface area (Å²) in [6.07, 6.45) is -1.79. The third-order valence-electron chi connectivity index (χ3n) is 4.32. The highest BCUT2D eigenvalue weighted by Crippen LogP contribution is 2.23. The van der Waals surface area contributed by atoms with E-state index in [9.17, 15) is 9.59 Å². The van der Waals surface area contributed by atoms with Crippen LogP contribution in [-0.2, 0) is 25.5 Å². The van der Waals surface area contributed by atoms with Crippen molar-refractivity contribution < 1.29 is 19.1 Å². The van der Waals surface area contributed by atoms with Gasteiger partial charge in [-0.15, -0.1) is 5.10 Å². The molecule has 0 aliphatic rings. The zero-order valence-corrected chi connectivity index (χ0v) is 18.1. The standard InChI is InChI=1S/C21H26ClN5O4/c1-3-30-20(29)13(2)31-18(19(28)25-21(26-23)27-24)11-14-7-9-15(10-8-14)16-5-4-6-17(22)12-16/h4-10,12-13,18H,3,11,23-24H2,1-2H3,(H2,25,26,27,28)/t13-,18-/m0/s1. The number of carbonyl (C=O) groups is 2. The molecule has 10 heteroatoms. The van der Waals surface area contributed by atoms with E-state index in [1.807, 2.05) is 42.5 Å². The Bertz CT molecular complexity index is 920. The van der Waals surface area contributed by atoms with E-state index in [2.05, 4.69) is 15.8 Å². The summed E-state index contributed by atoms with van der Waals surface area (Å²) in [5, 5.41) is 6.38. The Hall–Kier alpha value is -3.14. The molecule has 0 spiro atoms. The molecule has 2 rings (SSSR count). The van der Waals surface area contributed by atoms with E-state index in [-0.39, 0.29) is 19.0 Å². The van der Waals surface area contributed by atoms with Gasteiger partial charge >= 0.3 is 5.97 Å². The minimum Gasteiger partial charge on any atom is -0.464 e. The summed E-state index contributed by atoms with van der Waals surface area (Å²) >= 11 is 6.06. The van der Waals surface area contributed by atoms with Crippen molar-refractivity contribution in [2.24, 2.45) is 16.8 Å². The summed E-state index contributed by atoms with van der Waals surface area (Å²) in [6, 6.07) is 15.1. The van der Waals surface area contributed by atoms with E-state index in [0.717, 1.165) is 16.7 Å². The topological polar surface area (TPSA) is 141 Å². The van der Waals surface area contributed by atoms with E-state index in [1.165, 1.54) is 6.92 Å². The zero-order valence-electron chi connectivity index (χ0n) is 17.3. The number of nitrogens with one attached hydrogen (secondary N) is 2. The van der Waals surface area contributed by atoms with Gasteiger partial charge in [0, 0.05) is 11.4 Å². The summed E-state index contributed by atoms with van der Waals surface area (Å²) in [7, 11) is 0. The summed E-state index contributed by atoms with van der Waals surface area (Å²) in [4.78, 5) is 24.6. The highest BCUT2D eigenvalue weighted by atomic mass is 35.5. The van der Waals surface area contributed by atoms with Gasteiger partial charge in [0.05, 0.1) is 6.61 Å². The van der Waals surface area contributed by atoms with Gasteiger partial charge in [-0.05, 0) is 42.7 Å². The van der Waals surface area contributed by atoms with Crippen LogP contribution < -0.4 is 22.4 Å². The van der Waals surface area contributed by atoms with E-state index >= 15 is 0 Å². The number of ether oxygens (including phenoxy) is 2. The summed E-state index contributed by atoms with van der Waals surface area (Å²) in [5.41, 5.74) is 4.92. The van der Waals surface area contributed by atoms with Gasteiger partial charge in [-0.1, -0.05) is 48.0 Å². The van der Waals surface area contributed by atoms with Gasteiger partial charge in [0.2, 0.25) is 5.96 Å². The molecule has 0 aliphatic carbocycles. The minimum absolute atomic E-state index is 0.140. The molecule has 1 amide bonds. The number of nitrogens with zero attached hydrogens (tertiary/aromatic N) is 1. The number of guanidine groups is 1. The Balaban J connectivity index is 2.18. The molecule has 0 aromatic heterocycles. The molecular weight excluding hydrogens is 422 g/mol. The molecule has 31 heavy (non-hydrogen) atoms. The number of benzene rings is 2. The zero-order chi connectivity index (χ0) is 22.8. The SMILES string of the molecule is CCOC(=O)[C@H](C)O[C@@H](Cc1ccc(-c2cccc(Cl)c2)cc1)C(=O)N/C(=N/N)NN. The summed E-state index contributed by atoms with van der Waals surface area (Å²) < 4.78 is 10.6. The van der Waals surface area contributed by atoms with Crippen LogP contribution in [0.15, 0.2) is 53.6 Å². The first-order valence-electron chi connectivity index (χ1n) is 9.60. The molecular formula is C21H26ClN5O4. The van der Waals surface area contributed by atoms with Gasteiger partial charge in [0.25, 0.3) is 5.91 Å². The number of halogens is 1. The Morgan fingerprint density at radius 1 is 1.16 bits per heavy atom. The molecule has 0 bridgehead atoms. The van der Waals surface area contributed by atoms with E-state index in [4.69, 9.17) is 32.8 Å². The van der Waals surface area contributed by atoms with E-state index < -0.39 is 24.1 Å². The number of nitrogens with two attached hydrogens (primary N) is 2. The van der Waals surface area contributed by atoms with E-state index in [0.29, 0.717) is 5.02 Å². The lowest BCUT2D eigenvalue weighted by Gasteiger charge is -2.21. The minimum atomic E-state index is -1.03. The lowest BCUT2D eigenvalue weighted by molar-refractivity contribution is -0.161. The van der Waals surface area contributed by atoms with E-state index in [1.54, 1.807) is 13.0 Å². The molecule has 0 unspecified atom stereocenters.